The number of benzene rings is 1. The third-order valence-electron chi connectivity index (χ3n) is 3.68. The summed E-state index contributed by atoms with van der Waals surface area (Å²) in [5.74, 6) is -1.24. The molecule has 1 aromatic carbocycles. The molecule has 0 saturated heterocycles. The van der Waals surface area contributed by atoms with Crippen LogP contribution in [0.2, 0.25) is 0 Å². The van der Waals surface area contributed by atoms with Crippen LogP contribution in [0, 0.1) is 32.6 Å². The van der Waals surface area contributed by atoms with Gasteiger partial charge >= 0.3 is 5.97 Å². The summed E-state index contributed by atoms with van der Waals surface area (Å²) >= 11 is 0. The van der Waals surface area contributed by atoms with Gasteiger partial charge in [0.1, 0.15) is 0 Å². The molecule has 0 spiro atoms. The van der Waals surface area contributed by atoms with E-state index in [0.717, 1.165) is 5.56 Å². The zero-order valence-corrected chi connectivity index (χ0v) is 15.8. The summed E-state index contributed by atoms with van der Waals surface area (Å²) in [6.07, 6.45) is 3.64. The molecule has 6 heteroatoms. The third-order valence-corrected chi connectivity index (χ3v) is 5.40. The maximum atomic E-state index is 12.5. The lowest BCUT2D eigenvalue weighted by Gasteiger charge is -2.13. The highest BCUT2D eigenvalue weighted by Crippen LogP contribution is 2.21. The Kier molecular flexibility index (Phi) is 7.17. The van der Waals surface area contributed by atoms with Gasteiger partial charge in [-0.1, -0.05) is 43.7 Å². The molecule has 0 saturated carbocycles. The van der Waals surface area contributed by atoms with E-state index in [1.165, 1.54) is 0 Å². The predicted octanol–water partition coefficient (Wildman–Crippen LogP) is 3.19. The molecule has 1 atom stereocenters. The Labute approximate surface area is 144 Å². The first kappa shape index (κ1) is 20.4. The van der Waals surface area contributed by atoms with E-state index in [2.05, 4.69) is 4.72 Å². The van der Waals surface area contributed by atoms with E-state index in [0.29, 0.717) is 22.4 Å². The summed E-state index contributed by atoms with van der Waals surface area (Å²) in [4.78, 5) is 11.5. The molecule has 0 aliphatic heterocycles. The second-order valence-corrected chi connectivity index (χ2v) is 8.29. The zero-order chi connectivity index (χ0) is 18.5. The molecule has 0 heterocycles. The smallest absolute Gasteiger partial charge is 0.310 e. The number of carboxylic acid groups (broad SMARTS) is 1. The minimum Gasteiger partial charge on any atom is -0.481 e. The van der Waals surface area contributed by atoms with Crippen molar-refractivity contribution in [2.75, 3.05) is 6.54 Å². The van der Waals surface area contributed by atoms with Crippen LogP contribution in [0.25, 0.3) is 0 Å². The van der Waals surface area contributed by atoms with E-state index in [-0.39, 0.29) is 12.5 Å². The molecule has 0 aromatic heterocycles. The second-order valence-electron chi connectivity index (χ2n) is 6.58. The highest BCUT2D eigenvalue weighted by molar-refractivity contribution is 7.89. The number of aryl methyl sites for hydroxylation is 3. The SMILES string of the molecule is Cc1cc(C)c(S(=O)(=O)NCC=C[C@@H](CC(C)C)C(=O)O)c(C)c1. The van der Waals surface area contributed by atoms with Crippen LogP contribution < -0.4 is 4.72 Å². The van der Waals surface area contributed by atoms with Crippen LogP contribution in [0.15, 0.2) is 29.2 Å². The maximum Gasteiger partial charge on any atom is 0.310 e. The van der Waals surface area contributed by atoms with Gasteiger partial charge in [-0.05, 0) is 44.2 Å². The minimum absolute atomic E-state index is 0.0664. The van der Waals surface area contributed by atoms with E-state index in [1.54, 1.807) is 26.0 Å². The van der Waals surface area contributed by atoms with E-state index in [4.69, 9.17) is 5.11 Å². The number of hydrogen-bond donors (Lipinski definition) is 2. The Morgan fingerprint density at radius 2 is 1.75 bits per heavy atom. The normalized spacial score (nSPS) is 13.6. The predicted molar refractivity (Wildman–Crippen MR) is 95.6 cm³/mol. The van der Waals surface area contributed by atoms with Crippen molar-refractivity contribution < 1.29 is 18.3 Å². The van der Waals surface area contributed by atoms with E-state index in [9.17, 15) is 13.2 Å². The standard InChI is InChI=1S/C18H27NO4S/c1-12(2)9-16(18(20)21)7-6-8-19-24(22,23)17-14(4)10-13(3)11-15(17)5/h6-7,10-12,16,19H,8-9H2,1-5H3,(H,20,21)/t16-/m0/s1. The van der Waals surface area contributed by atoms with Gasteiger partial charge in [0.05, 0.1) is 10.8 Å². The van der Waals surface area contributed by atoms with Gasteiger partial charge in [-0.2, -0.15) is 0 Å². The summed E-state index contributed by atoms with van der Waals surface area (Å²) in [5, 5.41) is 9.17. The Morgan fingerprint density at radius 3 is 2.21 bits per heavy atom. The topological polar surface area (TPSA) is 83.5 Å². The monoisotopic (exact) mass is 353 g/mol. The van der Waals surface area contributed by atoms with Crippen LogP contribution >= 0.6 is 0 Å². The maximum absolute atomic E-state index is 12.5. The quantitative estimate of drug-likeness (QED) is 0.703. The second kappa shape index (κ2) is 8.44. The number of aliphatic carboxylic acids is 1. The van der Waals surface area contributed by atoms with Gasteiger partial charge in [0.15, 0.2) is 0 Å². The van der Waals surface area contributed by atoms with Crippen LogP contribution in [0.4, 0.5) is 0 Å². The summed E-state index contributed by atoms with van der Waals surface area (Å²) < 4.78 is 27.5. The Morgan fingerprint density at radius 1 is 1.21 bits per heavy atom. The van der Waals surface area contributed by atoms with Gasteiger partial charge in [-0.3, -0.25) is 4.79 Å². The van der Waals surface area contributed by atoms with Gasteiger partial charge in [0.2, 0.25) is 10.0 Å². The fourth-order valence-electron chi connectivity index (χ4n) is 2.82. The molecule has 24 heavy (non-hydrogen) atoms. The lowest BCUT2D eigenvalue weighted by Crippen LogP contribution is -2.25. The number of carbonyl (C=O) groups is 1. The molecule has 2 N–H and O–H groups in total. The van der Waals surface area contributed by atoms with Crippen molar-refractivity contribution in [3.8, 4) is 0 Å². The third kappa shape index (κ3) is 5.76. The number of hydrogen-bond acceptors (Lipinski definition) is 3. The fourth-order valence-corrected chi connectivity index (χ4v) is 4.25. The number of rotatable bonds is 8. The van der Waals surface area contributed by atoms with Crippen LogP contribution in [-0.4, -0.2) is 26.0 Å². The van der Waals surface area contributed by atoms with Crippen LogP contribution in [0.3, 0.4) is 0 Å². The molecule has 134 valence electrons. The van der Waals surface area contributed by atoms with Crippen molar-refractivity contribution in [3.05, 3.63) is 41.0 Å². The zero-order valence-electron chi connectivity index (χ0n) is 15.0. The highest BCUT2D eigenvalue weighted by Gasteiger charge is 2.19. The molecular weight excluding hydrogens is 326 g/mol. The Hall–Kier alpha value is -1.66. The lowest BCUT2D eigenvalue weighted by atomic mass is 9.97. The Balaban J connectivity index is 2.83. The van der Waals surface area contributed by atoms with Gasteiger partial charge < -0.3 is 5.11 Å². The van der Waals surface area contributed by atoms with E-state index >= 15 is 0 Å². The summed E-state index contributed by atoms with van der Waals surface area (Å²) in [7, 11) is -3.63. The van der Waals surface area contributed by atoms with Crippen molar-refractivity contribution in [2.45, 2.75) is 45.9 Å². The molecule has 0 fully saturated rings. The van der Waals surface area contributed by atoms with Crippen molar-refractivity contribution in [2.24, 2.45) is 11.8 Å². The van der Waals surface area contributed by atoms with E-state index < -0.39 is 21.9 Å². The van der Waals surface area contributed by atoms with Gasteiger partial charge in [-0.15, -0.1) is 0 Å². The Bertz CT molecular complexity index is 698. The van der Waals surface area contributed by atoms with Crippen LogP contribution in [0.5, 0.6) is 0 Å². The molecule has 1 aromatic rings. The van der Waals surface area contributed by atoms with Crippen molar-refractivity contribution in [1.29, 1.82) is 0 Å². The van der Waals surface area contributed by atoms with E-state index in [1.807, 2.05) is 32.9 Å². The molecule has 0 unspecified atom stereocenters. The number of sulfonamides is 1. The highest BCUT2D eigenvalue weighted by atomic mass is 32.2. The average Bonchev–Trinajstić information content (AvgIpc) is 2.39. The summed E-state index contributed by atoms with van der Waals surface area (Å²) in [6, 6.07) is 3.67. The molecule has 0 amide bonds. The summed E-state index contributed by atoms with van der Waals surface area (Å²) in [5.41, 5.74) is 2.42. The van der Waals surface area contributed by atoms with Crippen molar-refractivity contribution in [3.63, 3.8) is 0 Å². The van der Waals surface area contributed by atoms with Crippen LogP contribution in [-0.2, 0) is 14.8 Å². The molecule has 1 rings (SSSR count). The number of carboxylic acids is 1. The first-order valence-electron chi connectivity index (χ1n) is 8.01. The van der Waals surface area contributed by atoms with Gasteiger partial charge in [0, 0.05) is 6.54 Å². The molecular formula is C18H27NO4S. The molecule has 0 bridgehead atoms. The number of nitrogens with one attached hydrogen (secondary N) is 1. The van der Waals surface area contributed by atoms with Crippen LogP contribution in [0.1, 0.15) is 37.0 Å². The first-order chi connectivity index (χ1) is 11.0. The molecule has 0 radical (unpaired) electrons. The lowest BCUT2D eigenvalue weighted by molar-refractivity contribution is -0.140. The summed E-state index contributed by atoms with van der Waals surface area (Å²) in [6.45, 7) is 9.44. The fraction of sp³-hybridized carbons (Fsp3) is 0.500. The van der Waals surface area contributed by atoms with Gasteiger partial charge in [0.25, 0.3) is 0 Å². The van der Waals surface area contributed by atoms with Crippen molar-refractivity contribution in [1.82, 2.24) is 4.72 Å². The first-order valence-corrected chi connectivity index (χ1v) is 9.50. The van der Waals surface area contributed by atoms with Crippen molar-refractivity contribution >= 4 is 16.0 Å². The molecule has 0 aliphatic rings. The minimum atomic E-state index is -3.63. The molecule has 5 nitrogen and oxygen atoms in total. The molecule has 0 aliphatic carbocycles. The largest absolute Gasteiger partial charge is 0.481 e. The average molecular weight is 353 g/mol. The van der Waals surface area contributed by atoms with Gasteiger partial charge in [-0.25, -0.2) is 13.1 Å².